The Morgan fingerprint density at radius 3 is 2.81 bits per heavy atom. The summed E-state index contributed by atoms with van der Waals surface area (Å²) in [5.74, 6) is -0.578. The van der Waals surface area contributed by atoms with Crippen LogP contribution in [0, 0.1) is 15.9 Å². The number of rotatable bonds is 4. The molecule has 0 amide bonds. The van der Waals surface area contributed by atoms with Gasteiger partial charge in [-0.2, -0.15) is 4.39 Å². The van der Waals surface area contributed by atoms with Gasteiger partial charge in [0.1, 0.15) is 12.4 Å². The molecule has 1 saturated heterocycles. The van der Waals surface area contributed by atoms with Gasteiger partial charge in [0.25, 0.3) is 0 Å². The summed E-state index contributed by atoms with van der Waals surface area (Å²) in [5.41, 5.74) is -0.487. The Bertz CT molecular complexity index is 542. The molecule has 1 unspecified atom stereocenters. The molecule has 0 radical (unpaired) electrons. The average molecular weight is 295 g/mol. The molecule has 3 rings (SSSR count). The van der Waals surface area contributed by atoms with Crippen molar-refractivity contribution < 1.29 is 18.8 Å². The minimum Gasteiger partial charge on any atom is -0.491 e. The Labute approximate surface area is 122 Å². The number of ether oxygens (including phenoxy) is 2. The molecule has 1 aliphatic heterocycles. The summed E-state index contributed by atoms with van der Waals surface area (Å²) in [5, 5.41) is 10.5. The van der Waals surface area contributed by atoms with Crippen LogP contribution in [0.3, 0.4) is 0 Å². The molecule has 114 valence electrons. The van der Waals surface area contributed by atoms with E-state index in [9.17, 15) is 14.5 Å². The van der Waals surface area contributed by atoms with Crippen molar-refractivity contribution in [1.82, 2.24) is 0 Å². The number of halogens is 1. The maximum atomic E-state index is 13.5. The highest BCUT2D eigenvalue weighted by molar-refractivity contribution is 5.37. The zero-order valence-electron chi connectivity index (χ0n) is 11.7. The molecular formula is C15H18FNO4. The van der Waals surface area contributed by atoms with Crippen LogP contribution in [0.5, 0.6) is 5.75 Å². The lowest BCUT2D eigenvalue weighted by atomic mass is 9.98. The number of hydrogen-bond acceptors (Lipinski definition) is 4. The van der Waals surface area contributed by atoms with Gasteiger partial charge in [0.05, 0.1) is 16.6 Å². The van der Waals surface area contributed by atoms with Crippen molar-refractivity contribution in [3.05, 3.63) is 34.1 Å². The van der Waals surface area contributed by atoms with Crippen LogP contribution in [0.25, 0.3) is 0 Å². The van der Waals surface area contributed by atoms with Gasteiger partial charge >= 0.3 is 5.69 Å². The summed E-state index contributed by atoms with van der Waals surface area (Å²) >= 11 is 0. The normalized spacial score (nSPS) is 23.6. The third-order valence-electron chi connectivity index (χ3n) is 4.41. The van der Waals surface area contributed by atoms with Crippen molar-refractivity contribution in [3.63, 3.8) is 0 Å². The first kappa shape index (κ1) is 14.3. The van der Waals surface area contributed by atoms with Crippen LogP contribution < -0.4 is 4.74 Å². The van der Waals surface area contributed by atoms with Crippen LogP contribution in [-0.2, 0) is 4.74 Å². The fraction of sp³-hybridized carbons (Fsp3) is 0.600. The Balaban J connectivity index is 1.56. The summed E-state index contributed by atoms with van der Waals surface area (Å²) in [6.07, 6.45) is 6.74. The van der Waals surface area contributed by atoms with Crippen molar-refractivity contribution in [3.8, 4) is 5.75 Å². The van der Waals surface area contributed by atoms with E-state index < -0.39 is 16.4 Å². The van der Waals surface area contributed by atoms with Crippen molar-refractivity contribution in [2.24, 2.45) is 0 Å². The Morgan fingerprint density at radius 2 is 2.14 bits per heavy atom. The third kappa shape index (κ3) is 3.00. The Kier molecular flexibility index (Phi) is 3.80. The van der Waals surface area contributed by atoms with Crippen molar-refractivity contribution in [2.75, 3.05) is 6.61 Å². The van der Waals surface area contributed by atoms with E-state index in [0.29, 0.717) is 12.4 Å². The molecule has 1 saturated carbocycles. The van der Waals surface area contributed by atoms with E-state index in [2.05, 4.69) is 0 Å². The summed E-state index contributed by atoms with van der Waals surface area (Å²) in [6.45, 7) is 0.360. The average Bonchev–Trinajstić information content (AvgIpc) is 3.07. The molecule has 2 aliphatic rings. The Hall–Kier alpha value is -1.69. The topological polar surface area (TPSA) is 61.6 Å². The lowest BCUT2D eigenvalue weighted by Crippen LogP contribution is -2.27. The SMILES string of the molecule is O=[N+]([O-])c1ccc(OCC2CCC3(CCCC3)O2)cc1F. The van der Waals surface area contributed by atoms with Gasteiger partial charge in [-0.15, -0.1) is 0 Å². The quantitative estimate of drug-likeness (QED) is 0.629. The standard InChI is InChI=1S/C15H18FNO4/c16-13-9-11(3-4-14(13)17(18)19)20-10-12-5-8-15(21-12)6-1-2-7-15/h3-4,9,12H,1-2,5-8,10H2. The number of hydrogen-bond donors (Lipinski definition) is 0. The predicted octanol–water partition coefficient (Wildman–Crippen LogP) is 3.60. The van der Waals surface area contributed by atoms with Gasteiger partial charge in [-0.25, -0.2) is 0 Å². The molecule has 6 heteroatoms. The minimum atomic E-state index is -0.878. The van der Waals surface area contributed by atoms with Gasteiger partial charge in [0.15, 0.2) is 0 Å². The van der Waals surface area contributed by atoms with Crippen LogP contribution in [0.4, 0.5) is 10.1 Å². The molecule has 1 spiro atoms. The number of nitro benzene ring substituents is 1. The molecule has 1 aromatic carbocycles. The van der Waals surface area contributed by atoms with E-state index >= 15 is 0 Å². The summed E-state index contributed by atoms with van der Waals surface area (Å²) < 4.78 is 25.1. The van der Waals surface area contributed by atoms with E-state index in [-0.39, 0.29) is 11.7 Å². The predicted molar refractivity (Wildman–Crippen MR) is 73.9 cm³/mol. The maximum absolute atomic E-state index is 13.5. The molecule has 2 fully saturated rings. The second kappa shape index (κ2) is 5.60. The molecule has 1 aliphatic carbocycles. The fourth-order valence-corrected chi connectivity index (χ4v) is 3.31. The zero-order chi connectivity index (χ0) is 14.9. The van der Waals surface area contributed by atoms with E-state index in [1.54, 1.807) is 0 Å². The first-order valence-corrected chi connectivity index (χ1v) is 7.33. The van der Waals surface area contributed by atoms with Crippen molar-refractivity contribution in [1.29, 1.82) is 0 Å². The van der Waals surface area contributed by atoms with E-state index in [1.165, 1.54) is 18.9 Å². The number of nitrogens with zero attached hydrogens (tertiary/aromatic N) is 1. The molecule has 0 bridgehead atoms. The van der Waals surface area contributed by atoms with Gasteiger partial charge in [0.2, 0.25) is 5.82 Å². The lowest BCUT2D eigenvalue weighted by molar-refractivity contribution is -0.387. The van der Waals surface area contributed by atoms with Gasteiger partial charge < -0.3 is 9.47 Å². The number of nitro groups is 1. The van der Waals surface area contributed by atoms with Crippen molar-refractivity contribution >= 4 is 5.69 Å². The lowest BCUT2D eigenvalue weighted by Gasteiger charge is -2.23. The highest BCUT2D eigenvalue weighted by Gasteiger charge is 2.42. The Morgan fingerprint density at radius 1 is 1.38 bits per heavy atom. The third-order valence-corrected chi connectivity index (χ3v) is 4.41. The highest BCUT2D eigenvalue weighted by Crippen LogP contribution is 2.43. The maximum Gasteiger partial charge on any atom is 0.305 e. The summed E-state index contributed by atoms with van der Waals surface area (Å²) in [4.78, 5) is 9.80. The monoisotopic (exact) mass is 295 g/mol. The fourth-order valence-electron chi connectivity index (χ4n) is 3.31. The highest BCUT2D eigenvalue weighted by atomic mass is 19.1. The zero-order valence-corrected chi connectivity index (χ0v) is 11.7. The molecule has 0 aromatic heterocycles. The van der Waals surface area contributed by atoms with Crippen LogP contribution in [0.1, 0.15) is 38.5 Å². The van der Waals surface area contributed by atoms with E-state index in [0.717, 1.165) is 37.8 Å². The molecule has 0 N–H and O–H groups in total. The van der Waals surface area contributed by atoms with Gasteiger partial charge in [-0.1, -0.05) is 12.8 Å². The largest absolute Gasteiger partial charge is 0.491 e. The number of benzene rings is 1. The van der Waals surface area contributed by atoms with Crippen LogP contribution in [0.15, 0.2) is 18.2 Å². The van der Waals surface area contributed by atoms with Gasteiger partial charge in [-0.3, -0.25) is 10.1 Å². The first-order chi connectivity index (χ1) is 10.1. The van der Waals surface area contributed by atoms with Gasteiger partial charge in [-0.05, 0) is 31.7 Å². The molecule has 21 heavy (non-hydrogen) atoms. The van der Waals surface area contributed by atoms with E-state index in [4.69, 9.17) is 9.47 Å². The van der Waals surface area contributed by atoms with Crippen LogP contribution in [-0.4, -0.2) is 23.2 Å². The van der Waals surface area contributed by atoms with E-state index in [1.807, 2.05) is 0 Å². The minimum absolute atomic E-state index is 0.0290. The van der Waals surface area contributed by atoms with Gasteiger partial charge in [0, 0.05) is 12.1 Å². The molecule has 1 aromatic rings. The second-order valence-electron chi connectivity index (χ2n) is 5.85. The smallest absolute Gasteiger partial charge is 0.305 e. The first-order valence-electron chi connectivity index (χ1n) is 7.33. The molecular weight excluding hydrogens is 277 g/mol. The van der Waals surface area contributed by atoms with Crippen molar-refractivity contribution in [2.45, 2.75) is 50.2 Å². The van der Waals surface area contributed by atoms with Crippen LogP contribution in [0.2, 0.25) is 0 Å². The summed E-state index contributed by atoms with van der Waals surface area (Å²) in [7, 11) is 0. The summed E-state index contributed by atoms with van der Waals surface area (Å²) in [6, 6.07) is 3.60. The second-order valence-corrected chi connectivity index (χ2v) is 5.85. The molecule has 5 nitrogen and oxygen atoms in total. The molecule has 1 atom stereocenters. The molecule has 1 heterocycles. The van der Waals surface area contributed by atoms with Crippen LogP contribution >= 0.6 is 0 Å².